The minimum absolute atomic E-state index is 0.00156. The van der Waals surface area contributed by atoms with E-state index < -0.39 is 10.0 Å². The van der Waals surface area contributed by atoms with Gasteiger partial charge in [0.2, 0.25) is 0 Å². The molecular formula is C24H25N3O5S. The van der Waals surface area contributed by atoms with E-state index in [1.807, 2.05) is 0 Å². The lowest BCUT2D eigenvalue weighted by atomic mass is 9.79. The van der Waals surface area contributed by atoms with Crippen molar-refractivity contribution in [1.82, 2.24) is 5.16 Å². The van der Waals surface area contributed by atoms with Crippen molar-refractivity contribution in [3.05, 3.63) is 53.6 Å². The summed E-state index contributed by atoms with van der Waals surface area (Å²) in [7, 11) is -2.47. The monoisotopic (exact) mass is 467 g/mol. The van der Waals surface area contributed by atoms with Gasteiger partial charge in [-0.3, -0.25) is 4.72 Å². The number of anilines is 2. The number of nitrogens with zero attached hydrogens (tertiary/aromatic N) is 2. The number of fused-ring (bicyclic) bond motifs is 4. The molecule has 2 N–H and O–H groups in total. The predicted octanol–water partition coefficient (Wildman–Crippen LogP) is 3.31. The Kier molecular flexibility index (Phi) is 4.50. The second kappa shape index (κ2) is 7.23. The third kappa shape index (κ3) is 3.29. The van der Waals surface area contributed by atoms with E-state index in [1.165, 1.54) is 18.7 Å². The van der Waals surface area contributed by atoms with Gasteiger partial charge in [-0.1, -0.05) is 23.4 Å². The SMILES string of the molecule is COc1ccccc1S(=O)(=O)Nc1noc2c1CC1(CC1)c1ccc(N3CC[C@@H](O)C3)cc1-2. The molecule has 2 aliphatic carbocycles. The summed E-state index contributed by atoms with van der Waals surface area (Å²) in [5, 5.41) is 14.1. The molecule has 0 radical (unpaired) electrons. The summed E-state index contributed by atoms with van der Waals surface area (Å²) >= 11 is 0. The Morgan fingerprint density at radius 3 is 2.79 bits per heavy atom. The molecule has 2 fully saturated rings. The summed E-state index contributed by atoms with van der Waals surface area (Å²) in [6.45, 7) is 1.41. The summed E-state index contributed by atoms with van der Waals surface area (Å²) in [5.41, 5.74) is 4.01. The van der Waals surface area contributed by atoms with E-state index in [4.69, 9.17) is 9.26 Å². The number of sulfonamides is 1. The molecular weight excluding hydrogens is 442 g/mol. The third-order valence-electron chi connectivity index (χ3n) is 7.09. The molecule has 1 saturated carbocycles. The van der Waals surface area contributed by atoms with Crippen LogP contribution in [-0.2, 0) is 21.9 Å². The van der Waals surface area contributed by atoms with Crippen molar-refractivity contribution in [2.75, 3.05) is 29.8 Å². The zero-order valence-corrected chi connectivity index (χ0v) is 19.1. The molecule has 1 atom stereocenters. The topological polar surface area (TPSA) is 105 Å². The summed E-state index contributed by atoms with van der Waals surface area (Å²) in [6, 6.07) is 12.9. The lowest BCUT2D eigenvalue weighted by Crippen LogP contribution is -2.23. The van der Waals surface area contributed by atoms with Gasteiger partial charge < -0.3 is 19.3 Å². The van der Waals surface area contributed by atoms with Crippen LogP contribution in [-0.4, -0.2) is 45.0 Å². The Labute approximate surface area is 192 Å². The van der Waals surface area contributed by atoms with Crippen LogP contribution in [0.2, 0.25) is 0 Å². The molecule has 1 saturated heterocycles. The average Bonchev–Trinajstić information content (AvgIpc) is 3.27. The molecule has 1 aromatic heterocycles. The quantitative estimate of drug-likeness (QED) is 0.593. The standard InChI is InChI=1S/C24H25N3O5S/c1-31-20-4-2-3-5-21(20)33(29,30)26-23-18-13-24(9-10-24)19-7-6-15(27-11-8-16(28)14-27)12-17(19)22(18)32-25-23/h2-7,12,16,28H,8-11,13-14H2,1H3,(H,25,26)/t16-/m1/s1. The maximum absolute atomic E-state index is 13.1. The summed E-state index contributed by atoms with van der Waals surface area (Å²) in [6.07, 6.45) is 3.22. The van der Waals surface area contributed by atoms with E-state index >= 15 is 0 Å². The summed E-state index contributed by atoms with van der Waals surface area (Å²) in [5.74, 6) is 1.11. The molecule has 1 spiro atoms. The zero-order chi connectivity index (χ0) is 22.8. The van der Waals surface area contributed by atoms with Crippen molar-refractivity contribution >= 4 is 21.5 Å². The number of methoxy groups -OCH3 is 1. The maximum atomic E-state index is 13.1. The van der Waals surface area contributed by atoms with Gasteiger partial charge in [-0.05, 0) is 55.5 Å². The average molecular weight is 468 g/mol. The fourth-order valence-corrected chi connectivity index (χ4v) is 6.37. The highest BCUT2D eigenvalue weighted by molar-refractivity contribution is 7.92. The van der Waals surface area contributed by atoms with E-state index in [0.29, 0.717) is 18.7 Å². The number of hydrogen-bond acceptors (Lipinski definition) is 7. The highest BCUT2D eigenvalue weighted by atomic mass is 32.2. The van der Waals surface area contributed by atoms with Gasteiger partial charge in [0.1, 0.15) is 10.6 Å². The van der Waals surface area contributed by atoms with Crippen molar-refractivity contribution in [2.24, 2.45) is 0 Å². The molecule has 3 aliphatic rings. The Hall–Kier alpha value is -3.04. The second-order valence-electron chi connectivity index (χ2n) is 9.17. The van der Waals surface area contributed by atoms with Gasteiger partial charge in [0.05, 0.1) is 13.2 Å². The molecule has 2 aromatic carbocycles. The van der Waals surface area contributed by atoms with Crippen LogP contribution in [0, 0.1) is 0 Å². The fraction of sp³-hybridized carbons (Fsp3) is 0.375. The molecule has 172 valence electrons. The normalized spacial score (nSPS) is 20.4. The van der Waals surface area contributed by atoms with Crippen LogP contribution in [0.5, 0.6) is 5.75 Å². The number of benzene rings is 2. The van der Waals surface area contributed by atoms with Crippen LogP contribution in [0.25, 0.3) is 11.3 Å². The molecule has 8 nitrogen and oxygen atoms in total. The predicted molar refractivity (Wildman–Crippen MR) is 123 cm³/mol. The van der Waals surface area contributed by atoms with Gasteiger partial charge in [0.15, 0.2) is 11.6 Å². The third-order valence-corrected chi connectivity index (χ3v) is 8.47. The first kappa shape index (κ1) is 20.6. The van der Waals surface area contributed by atoms with Gasteiger partial charge in [-0.25, -0.2) is 8.42 Å². The molecule has 3 aromatic rings. The number of aliphatic hydroxyl groups excluding tert-OH is 1. The van der Waals surface area contributed by atoms with E-state index in [-0.39, 0.29) is 28.0 Å². The number of aromatic nitrogens is 1. The lowest BCUT2D eigenvalue weighted by molar-refractivity contribution is 0.198. The van der Waals surface area contributed by atoms with Crippen LogP contribution in [0.15, 0.2) is 51.9 Å². The van der Waals surface area contributed by atoms with Crippen molar-refractivity contribution in [2.45, 2.75) is 42.1 Å². The number of β-amino-alcohol motifs (C(OH)–C–C–N with tert-alkyl or cyclic N) is 1. The number of para-hydroxylation sites is 1. The van der Waals surface area contributed by atoms with Gasteiger partial charge in [-0.2, -0.15) is 0 Å². The summed E-state index contributed by atoms with van der Waals surface area (Å²) < 4.78 is 39.9. The highest BCUT2D eigenvalue weighted by Crippen LogP contribution is 2.58. The molecule has 6 rings (SSSR count). The highest BCUT2D eigenvalue weighted by Gasteiger charge is 2.50. The van der Waals surface area contributed by atoms with Crippen LogP contribution in [0.3, 0.4) is 0 Å². The molecule has 1 aliphatic heterocycles. The van der Waals surface area contributed by atoms with E-state index in [1.54, 1.807) is 18.2 Å². The van der Waals surface area contributed by atoms with Crippen molar-refractivity contribution in [3.63, 3.8) is 0 Å². The Morgan fingerprint density at radius 2 is 2.06 bits per heavy atom. The van der Waals surface area contributed by atoms with Gasteiger partial charge >= 0.3 is 0 Å². The van der Waals surface area contributed by atoms with E-state index in [9.17, 15) is 13.5 Å². The molecule has 33 heavy (non-hydrogen) atoms. The first-order valence-corrected chi connectivity index (χ1v) is 12.6. The van der Waals surface area contributed by atoms with Crippen molar-refractivity contribution < 1.29 is 22.8 Å². The first-order chi connectivity index (χ1) is 15.9. The number of ether oxygens (including phenoxy) is 1. The first-order valence-electron chi connectivity index (χ1n) is 11.1. The van der Waals surface area contributed by atoms with Gasteiger partial charge in [0, 0.05) is 35.3 Å². The molecule has 0 amide bonds. The number of aliphatic hydroxyl groups is 1. The Bertz CT molecular complexity index is 1350. The van der Waals surface area contributed by atoms with E-state index in [2.05, 4.69) is 33.0 Å². The largest absolute Gasteiger partial charge is 0.495 e. The maximum Gasteiger partial charge on any atom is 0.266 e. The molecule has 0 unspecified atom stereocenters. The minimum Gasteiger partial charge on any atom is -0.495 e. The smallest absolute Gasteiger partial charge is 0.266 e. The zero-order valence-electron chi connectivity index (χ0n) is 18.2. The number of nitrogens with one attached hydrogen (secondary N) is 1. The van der Waals surface area contributed by atoms with Crippen molar-refractivity contribution in [1.29, 1.82) is 0 Å². The fourth-order valence-electron chi connectivity index (χ4n) is 5.17. The number of rotatable bonds is 5. The van der Waals surface area contributed by atoms with Crippen LogP contribution in [0.1, 0.15) is 30.4 Å². The molecule has 2 heterocycles. The molecule has 0 bridgehead atoms. The Balaban J connectivity index is 1.40. The van der Waals surface area contributed by atoms with Crippen LogP contribution in [0.4, 0.5) is 11.5 Å². The van der Waals surface area contributed by atoms with Crippen LogP contribution >= 0.6 is 0 Å². The second-order valence-corrected chi connectivity index (χ2v) is 10.8. The minimum atomic E-state index is -3.91. The number of hydrogen-bond donors (Lipinski definition) is 2. The lowest BCUT2D eigenvalue weighted by Gasteiger charge is -2.27. The Morgan fingerprint density at radius 1 is 1.24 bits per heavy atom. The van der Waals surface area contributed by atoms with Gasteiger partial charge in [0.25, 0.3) is 10.0 Å². The summed E-state index contributed by atoms with van der Waals surface area (Å²) in [4.78, 5) is 2.22. The molecule has 9 heteroatoms. The van der Waals surface area contributed by atoms with Crippen molar-refractivity contribution in [3.8, 4) is 17.1 Å². The van der Waals surface area contributed by atoms with Gasteiger partial charge in [-0.15, -0.1) is 0 Å². The van der Waals surface area contributed by atoms with E-state index in [0.717, 1.165) is 42.6 Å². The van der Waals surface area contributed by atoms with Crippen LogP contribution < -0.4 is 14.4 Å².